The van der Waals surface area contributed by atoms with Crippen molar-refractivity contribution in [1.82, 2.24) is 9.62 Å². The maximum absolute atomic E-state index is 12.7. The second kappa shape index (κ2) is 11.7. The van der Waals surface area contributed by atoms with Crippen LogP contribution in [0.3, 0.4) is 0 Å². The molecule has 3 aromatic rings. The minimum absolute atomic E-state index is 0.119. The maximum Gasteiger partial charge on any atom is 0.261 e. The van der Waals surface area contributed by atoms with Crippen LogP contribution in [0.2, 0.25) is 0 Å². The quantitative estimate of drug-likeness (QED) is 0.374. The molecule has 0 aromatic heterocycles. The summed E-state index contributed by atoms with van der Waals surface area (Å²) in [4.78, 5) is 12.8. The Bertz CT molecular complexity index is 1420. The van der Waals surface area contributed by atoms with E-state index in [0.717, 1.165) is 0 Å². The zero-order valence-electron chi connectivity index (χ0n) is 19.9. The van der Waals surface area contributed by atoms with Crippen LogP contribution in [0, 0.1) is 0 Å². The first-order valence-electron chi connectivity index (χ1n) is 11.5. The first-order valence-corrected chi connectivity index (χ1v) is 14.4. The Morgan fingerprint density at radius 3 is 2.27 bits per heavy atom. The molecule has 196 valence electrons. The zero-order valence-corrected chi connectivity index (χ0v) is 21.5. The Hall–Kier alpha value is -3.45. The highest BCUT2D eigenvalue weighted by Gasteiger charge is 2.26. The normalized spacial score (nSPS) is 14.6. The summed E-state index contributed by atoms with van der Waals surface area (Å²) < 4.78 is 65.1. The number of hydrogen-bond donors (Lipinski definition) is 2. The van der Waals surface area contributed by atoms with Crippen LogP contribution in [0.4, 0.5) is 5.69 Å². The third kappa shape index (κ3) is 6.86. The molecule has 0 saturated carbocycles. The molecular weight excluding hydrogens is 518 g/mol. The molecule has 12 heteroatoms. The van der Waals surface area contributed by atoms with Gasteiger partial charge in [-0.15, -0.1) is 0 Å². The van der Waals surface area contributed by atoms with Gasteiger partial charge in [0.1, 0.15) is 12.4 Å². The topological polar surface area (TPSA) is 131 Å². The Labute approximate surface area is 216 Å². The van der Waals surface area contributed by atoms with Gasteiger partial charge in [-0.2, -0.15) is 4.31 Å². The fraction of sp³-hybridized carbons (Fsp3) is 0.240. The zero-order chi connectivity index (χ0) is 26.3. The molecule has 0 bridgehead atoms. The maximum atomic E-state index is 12.7. The lowest BCUT2D eigenvalue weighted by molar-refractivity contribution is 0.0730. The van der Waals surface area contributed by atoms with E-state index >= 15 is 0 Å². The predicted molar refractivity (Wildman–Crippen MR) is 138 cm³/mol. The Morgan fingerprint density at radius 2 is 1.57 bits per heavy atom. The van der Waals surface area contributed by atoms with E-state index in [1.807, 2.05) is 0 Å². The summed E-state index contributed by atoms with van der Waals surface area (Å²) in [6, 6.07) is 20.2. The molecule has 1 aliphatic heterocycles. The monoisotopic (exact) mass is 545 g/mol. The third-order valence-electron chi connectivity index (χ3n) is 5.52. The second-order valence-corrected chi connectivity index (χ2v) is 11.7. The number of nitrogens with zero attached hydrogens (tertiary/aromatic N) is 1. The molecule has 1 amide bonds. The molecule has 1 heterocycles. The average molecular weight is 546 g/mol. The number of sulfonamides is 2. The van der Waals surface area contributed by atoms with Crippen molar-refractivity contribution in [3.05, 3.63) is 84.4 Å². The summed E-state index contributed by atoms with van der Waals surface area (Å²) in [5, 5.41) is 2.71. The number of benzene rings is 3. The van der Waals surface area contributed by atoms with E-state index in [1.165, 1.54) is 34.6 Å². The van der Waals surface area contributed by atoms with Gasteiger partial charge in [0.2, 0.25) is 10.0 Å². The smallest absolute Gasteiger partial charge is 0.261 e. The minimum Gasteiger partial charge on any atom is -0.492 e. The molecule has 37 heavy (non-hydrogen) atoms. The number of morpholine rings is 1. The van der Waals surface area contributed by atoms with Crippen LogP contribution in [0.15, 0.2) is 88.7 Å². The molecular formula is C25H27N3O7S2. The fourth-order valence-electron chi connectivity index (χ4n) is 3.62. The lowest BCUT2D eigenvalue weighted by Crippen LogP contribution is -2.40. The number of carbonyl (C=O) groups excluding carboxylic acids is 1. The summed E-state index contributed by atoms with van der Waals surface area (Å²) in [5.41, 5.74) is 0.547. The minimum atomic E-state index is -3.77. The first kappa shape index (κ1) is 26.6. The lowest BCUT2D eigenvalue weighted by Gasteiger charge is -2.26. The first-order chi connectivity index (χ1) is 17.8. The second-order valence-electron chi connectivity index (χ2n) is 8.09. The van der Waals surface area contributed by atoms with Crippen molar-refractivity contribution in [2.45, 2.75) is 9.79 Å². The van der Waals surface area contributed by atoms with E-state index in [1.54, 1.807) is 48.5 Å². The average Bonchev–Trinajstić information content (AvgIpc) is 2.92. The van der Waals surface area contributed by atoms with Crippen molar-refractivity contribution >= 4 is 31.6 Å². The van der Waals surface area contributed by atoms with E-state index < -0.39 is 26.0 Å². The van der Waals surface area contributed by atoms with E-state index in [2.05, 4.69) is 10.0 Å². The molecule has 2 N–H and O–H groups in total. The van der Waals surface area contributed by atoms with Crippen molar-refractivity contribution < 1.29 is 31.1 Å². The predicted octanol–water partition coefficient (Wildman–Crippen LogP) is 2.32. The molecule has 10 nitrogen and oxygen atoms in total. The van der Waals surface area contributed by atoms with Crippen molar-refractivity contribution in [1.29, 1.82) is 0 Å². The highest BCUT2D eigenvalue weighted by molar-refractivity contribution is 7.92. The van der Waals surface area contributed by atoms with Crippen LogP contribution in [0.1, 0.15) is 10.4 Å². The largest absolute Gasteiger partial charge is 0.492 e. The number of ether oxygens (including phenoxy) is 2. The van der Waals surface area contributed by atoms with Crippen molar-refractivity contribution in [3.8, 4) is 5.75 Å². The van der Waals surface area contributed by atoms with E-state index in [0.29, 0.717) is 32.1 Å². The Morgan fingerprint density at radius 1 is 0.865 bits per heavy atom. The van der Waals surface area contributed by atoms with Crippen LogP contribution in [-0.4, -0.2) is 66.5 Å². The van der Waals surface area contributed by atoms with Gasteiger partial charge >= 0.3 is 0 Å². The van der Waals surface area contributed by atoms with Gasteiger partial charge in [-0.1, -0.05) is 24.3 Å². The number of rotatable bonds is 10. The summed E-state index contributed by atoms with van der Waals surface area (Å²) in [6.45, 7) is 1.73. The van der Waals surface area contributed by atoms with Crippen LogP contribution in [0.25, 0.3) is 0 Å². The standard InChI is InChI=1S/C25H27N3O7S2/c29-25(20-5-4-6-21(19-20)27-36(30,31)23-7-2-1-3-8-23)26-13-16-35-22-9-11-24(12-10-22)37(32,33)28-14-17-34-18-15-28/h1-12,19,27H,13-18H2,(H,26,29). The van der Waals surface area contributed by atoms with Gasteiger partial charge < -0.3 is 14.8 Å². The van der Waals surface area contributed by atoms with Gasteiger partial charge in [0.25, 0.3) is 15.9 Å². The molecule has 1 fully saturated rings. The van der Waals surface area contributed by atoms with Crippen molar-refractivity contribution in [2.24, 2.45) is 0 Å². The Kier molecular flexibility index (Phi) is 8.44. The molecule has 0 spiro atoms. The summed E-state index contributed by atoms with van der Waals surface area (Å²) in [7, 11) is -7.35. The molecule has 0 aliphatic carbocycles. The molecule has 4 rings (SSSR count). The number of carbonyl (C=O) groups is 1. The van der Waals surface area contributed by atoms with Gasteiger partial charge in [-0.3, -0.25) is 9.52 Å². The highest BCUT2D eigenvalue weighted by atomic mass is 32.2. The fourth-order valence-corrected chi connectivity index (χ4v) is 6.10. The number of hydrogen-bond acceptors (Lipinski definition) is 7. The summed E-state index contributed by atoms with van der Waals surface area (Å²) in [5.74, 6) is 0.0730. The lowest BCUT2D eigenvalue weighted by atomic mass is 10.2. The number of nitrogens with one attached hydrogen (secondary N) is 2. The van der Waals surface area contributed by atoms with Crippen molar-refractivity contribution in [2.75, 3.05) is 44.2 Å². The van der Waals surface area contributed by atoms with Crippen LogP contribution >= 0.6 is 0 Å². The van der Waals surface area contributed by atoms with Crippen LogP contribution in [0.5, 0.6) is 5.75 Å². The van der Waals surface area contributed by atoms with E-state index in [9.17, 15) is 21.6 Å². The molecule has 1 saturated heterocycles. The van der Waals surface area contributed by atoms with Crippen LogP contribution < -0.4 is 14.8 Å². The van der Waals surface area contributed by atoms with Gasteiger partial charge in [0.15, 0.2) is 0 Å². The van der Waals surface area contributed by atoms with E-state index in [4.69, 9.17) is 9.47 Å². The van der Waals surface area contributed by atoms with Gasteiger partial charge in [0, 0.05) is 24.3 Å². The van der Waals surface area contributed by atoms with E-state index in [-0.39, 0.29) is 34.2 Å². The summed E-state index contributed by atoms with van der Waals surface area (Å²) >= 11 is 0. The van der Waals surface area contributed by atoms with Crippen LogP contribution in [-0.2, 0) is 24.8 Å². The number of amides is 1. The third-order valence-corrected chi connectivity index (χ3v) is 8.83. The molecule has 0 radical (unpaired) electrons. The molecule has 0 unspecified atom stereocenters. The van der Waals surface area contributed by atoms with Crippen molar-refractivity contribution in [3.63, 3.8) is 0 Å². The van der Waals surface area contributed by atoms with Gasteiger partial charge in [0.05, 0.1) is 29.5 Å². The number of anilines is 1. The van der Waals surface area contributed by atoms with Gasteiger partial charge in [-0.25, -0.2) is 16.8 Å². The Balaban J connectivity index is 1.27. The molecule has 0 atom stereocenters. The molecule has 3 aromatic carbocycles. The molecule has 1 aliphatic rings. The van der Waals surface area contributed by atoms with Gasteiger partial charge in [-0.05, 0) is 54.6 Å². The highest BCUT2D eigenvalue weighted by Crippen LogP contribution is 2.21. The summed E-state index contributed by atoms with van der Waals surface area (Å²) in [6.07, 6.45) is 0. The SMILES string of the molecule is O=C(NCCOc1ccc(S(=O)(=O)N2CCOCC2)cc1)c1cccc(NS(=O)(=O)c2ccccc2)c1.